The zero-order chi connectivity index (χ0) is 25.0. The Hall–Kier alpha value is -4.41. The van der Waals surface area contributed by atoms with Crippen molar-refractivity contribution < 1.29 is 23.1 Å². The highest BCUT2D eigenvalue weighted by Gasteiger charge is 2.22. The molecule has 35 heavy (non-hydrogen) atoms. The fourth-order valence-corrected chi connectivity index (χ4v) is 4.61. The summed E-state index contributed by atoms with van der Waals surface area (Å²) in [5.74, 6) is 1.56. The maximum Gasteiger partial charge on any atom is 0.295 e. The minimum Gasteiger partial charge on any atom is -0.495 e. The number of nitrogens with one attached hydrogen (secondary N) is 2. The van der Waals surface area contributed by atoms with Gasteiger partial charge in [0.1, 0.15) is 10.6 Å². The SMILES string of the molecule is C#CC(=O)NCc1cnn(Cc2cc(CO)n3c(NS(=O)(=O)c4ccccc4OC)nnc3c2)c1. The summed E-state index contributed by atoms with van der Waals surface area (Å²) >= 11 is 0. The van der Waals surface area contributed by atoms with Crippen LogP contribution in [0.15, 0.2) is 53.7 Å². The average Bonchev–Trinajstić information content (AvgIpc) is 3.48. The average molecular weight is 496 g/mol. The molecule has 0 spiro atoms. The molecule has 4 aromatic rings. The van der Waals surface area contributed by atoms with Gasteiger partial charge in [0, 0.05) is 18.3 Å². The van der Waals surface area contributed by atoms with E-state index < -0.39 is 22.5 Å². The summed E-state index contributed by atoms with van der Waals surface area (Å²) in [4.78, 5) is 11.2. The molecule has 0 aliphatic heterocycles. The maximum atomic E-state index is 13.0. The summed E-state index contributed by atoms with van der Waals surface area (Å²) in [5, 5.41) is 24.8. The first kappa shape index (κ1) is 23.7. The second-order valence-corrected chi connectivity index (χ2v) is 9.01. The Bertz CT molecular complexity index is 1540. The maximum absolute atomic E-state index is 13.0. The summed E-state index contributed by atoms with van der Waals surface area (Å²) in [6.45, 7) is 0.180. The van der Waals surface area contributed by atoms with Gasteiger partial charge in [-0.1, -0.05) is 12.1 Å². The second-order valence-electron chi connectivity index (χ2n) is 7.36. The van der Waals surface area contributed by atoms with Crippen LogP contribution in [0.25, 0.3) is 5.65 Å². The van der Waals surface area contributed by atoms with Crippen LogP contribution in [0, 0.1) is 12.3 Å². The number of nitrogens with zero attached hydrogens (tertiary/aromatic N) is 5. The molecule has 3 N–H and O–H groups in total. The lowest BCUT2D eigenvalue weighted by Crippen LogP contribution is -2.20. The fourth-order valence-electron chi connectivity index (χ4n) is 3.45. The van der Waals surface area contributed by atoms with E-state index in [2.05, 4.69) is 25.3 Å². The predicted octanol–water partition coefficient (Wildman–Crippen LogP) is 0.525. The molecule has 3 heterocycles. The minimum absolute atomic E-state index is 0.0608. The van der Waals surface area contributed by atoms with Gasteiger partial charge in [-0.2, -0.15) is 5.10 Å². The molecule has 4 rings (SSSR count). The number of carbonyl (C=O) groups excluding carboxylic acids is 1. The molecule has 0 unspecified atom stereocenters. The molecule has 13 heteroatoms. The molecule has 3 aromatic heterocycles. The Labute approximate surface area is 200 Å². The van der Waals surface area contributed by atoms with E-state index in [0.717, 1.165) is 11.1 Å². The largest absolute Gasteiger partial charge is 0.495 e. The molecule has 180 valence electrons. The first-order valence-electron chi connectivity index (χ1n) is 10.2. The van der Waals surface area contributed by atoms with Crippen LogP contribution >= 0.6 is 0 Å². The quantitative estimate of drug-likeness (QED) is 0.284. The van der Waals surface area contributed by atoms with Crippen LogP contribution in [0.5, 0.6) is 5.75 Å². The van der Waals surface area contributed by atoms with Gasteiger partial charge in [0.05, 0.1) is 32.2 Å². The third kappa shape index (κ3) is 5.08. The zero-order valence-electron chi connectivity index (χ0n) is 18.5. The van der Waals surface area contributed by atoms with Gasteiger partial charge in [-0.3, -0.25) is 13.9 Å². The predicted molar refractivity (Wildman–Crippen MR) is 125 cm³/mol. The third-order valence-corrected chi connectivity index (χ3v) is 6.37. The van der Waals surface area contributed by atoms with E-state index in [1.165, 1.54) is 23.6 Å². The number of anilines is 1. The smallest absolute Gasteiger partial charge is 0.295 e. The molecule has 0 aliphatic rings. The normalized spacial score (nSPS) is 11.2. The number of sulfonamides is 1. The van der Waals surface area contributed by atoms with E-state index in [4.69, 9.17) is 11.2 Å². The number of ether oxygens (including phenoxy) is 1. The lowest BCUT2D eigenvalue weighted by Gasteiger charge is -2.12. The van der Waals surface area contributed by atoms with E-state index in [0.29, 0.717) is 17.9 Å². The lowest BCUT2D eigenvalue weighted by atomic mass is 10.2. The molecule has 0 saturated carbocycles. The number of carbonyl (C=O) groups is 1. The van der Waals surface area contributed by atoms with Gasteiger partial charge >= 0.3 is 0 Å². The topological polar surface area (TPSA) is 153 Å². The number of pyridine rings is 1. The van der Waals surface area contributed by atoms with E-state index in [1.807, 2.05) is 5.92 Å². The summed E-state index contributed by atoms with van der Waals surface area (Å²) in [5.41, 5.74) is 2.20. The molecule has 12 nitrogen and oxygen atoms in total. The summed E-state index contributed by atoms with van der Waals surface area (Å²) in [7, 11) is -2.67. The first-order valence-corrected chi connectivity index (χ1v) is 11.7. The van der Waals surface area contributed by atoms with Crippen molar-refractivity contribution >= 4 is 27.5 Å². The van der Waals surface area contributed by atoms with Crippen molar-refractivity contribution in [2.75, 3.05) is 11.8 Å². The molecule has 0 atom stereocenters. The molecular formula is C22H21N7O5S. The van der Waals surface area contributed by atoms with Crippen molar-refractivity contribution in [2.45, 2.75) is 24.6 Å². The van der Waals surface area contributed by atoms with E-state index in [-0.39, 0.29) is 23.1 Å². The lowest BCUT2D eigenvalue weighted by molar-refractivity contribution is -0.115. The summed E-state index contributed by atoms with van der Waals surface area (Å²) in [6, 6.07) is 9.57. The van der Waals surface area contributed by atoms with Gasteiger partial charge < -0.3 is 15.2 Å². The van der Waals surface area contributed by atoms with Crippen LogP contribution in [-0.2, 0) is 34.5 Å². The van der Waals surface area contributed by atoms with Gasteiger partial charge in [0.15, 0.2) is 5.65 Å². The number of amides is 1. The number of benzene rings is 1. The highest BCUT2D eigenvalue weighted by molar-refractivity contribution is 7.92. The van der Waals surface area contributed by atoms with Crippen molar-refractivity contribution in [3.05, 3.63) is 65.6 Å². The standard InChI is InChI=1S/C22H21N7O5S/c1-3-21(31)23-10-16-11-24-28(13-16)12-15-8-17(14-30)29-20(9-15)25-26-22(29)27-35(32,33)19-7-5-4-6-18(19)34-2/h1,4-9,11,13,30H,10,12,14H2,2H3,(H,23,31)(H,26,27). The van der Waals surface area contributed by atoms with Gasteiger partial charge in [0.2, 0.25) is 5.95 Å². The Morgan fingerprint density at radius 3 is 2.77 bits per heavy atom. The molecule has 1 amide bonds. The Balaban J connectivity index is 1.60. The van der Waals surface area contributed by atoms with Gasteiger partial charge in [0.25, 0.3) is 15.9 Å². The van der Waals surface area contributed by atoms with Crippen LogP contribution < -0.4 is 14.8 Å². The monoisotopic (exact) mass is 495 g/mol. The zero-order valence-corrected chi connectivity index (χ0v) is 19.4. The van der Waals surface area contributed by atoms with Gasteiger partial charge in [-0.05, 0) is 35.7 Å². The molecular weight excluding hydrogens is 474 g/mol. The van der Waals surface area contributed by atoms with Crippen molar-refractivity contribution in [2.24, 2.45) is 0 Å². The number of hydrogen-bond acceptors (Lipinski definition) is 8. The molecule has 0 radical (unpaired) electrons. The molecule has 1 aromatic carbocycles. The molecule has 0 saturated heterocycles. The summed E-state index contributed by atoms with van der Waals surface area (Å²) in [6.07, 6.45) is 8.38. The Kier molecular flexibility index (Phi) is 6.67. The number of rotatable bonds is 9. The highest BCUT2D eigenvalue weighted by atomic mass is 32.2. The molecule has 0 aliphatic carbocycles. The molecule has 0 bridgehead atoms. The fraction of sp³-hybridized carbons (Fsp3) is 0.182. The van der Waals surface area contributed by atoms with E-state index in [9.17, 15) is 18.3 Å². The van der Waals surface area contributed by atoms with Gasteiger partial charge in [-0.15, -0.1) is 16.6 Å². The van der Waals surface area contributed by atoms with E-state index in [1.54, 1.807) is 41.3 Å². The number of fused-ring (bicyclic) bond motifs is 1. The van der Waals surface area contributed by atoms with Gasteiger partial charge in [-0.25, -0.2) is 13.1 Å². The number of hydrogen-bond donors (Lipinski definition) is 3. The van der Waals surface area contributed by atoms with E-state index >= 15 is 0 Å². The van der Waals surface area contributed by atoms with Crippen molar-refractivity contribution in [3.63, 3.8) is 0 Å². The number of para-hydroxylation sites is 1. The number of aliphatic hydroxyl groups is 1. The first-order chi connectivity index (χ1) is 16.8. The van der Waals surface area contributed by atoms with Crippen LogP contribution in [0.4, 0.5) is 5.95 Å². The van der Waals surface area contributed by atoms with Crippen LogP contribution in [-0.4, -0.2) is 50.9 Å². The minimum atomic E-state index is -4.05. The molecule has 0 fully saturated rings. The Morgan fingerprint density at radius 1 is 1.23 bits per heavy atom. The summed E-state index contributed by atoms with van der Waals surface area (Å²) < 4.78 is 36.6. The number of terminal acetylenes is 1. The van der Waals surface area contributed by atoms with Crippen LogP contribution in [0.1, 0.15) is 16.8 Å². The number of aliphatic hydroxyl groups excluding tert-OH is 1. The third-order valence-electron chi connectivity index (χ3n) is 5.00. The number of aromatic nitrogens is 5. The van der Waals surface area contributed by atoms with Crippen molar-refractivity contribution in [1.29, 1.82) is 0 Å². The highest BCUT2D eigenvalue weighted by Crippen LogP contribution is 2.25. The van der Waals surface area contributed by atoms with Crippen LogP contribution in [0.3, 0.4) is 0 Å². The number of methoxy groups -OCH3 is 1. The van der Waals surface area contributed by atoms with Crippen molar-refractivity contribution in [1.82, 2.24) is 29.7 Å². The van der Waals surface area contributed by atoms with Crippen LogP contribution in [0.2, 0.25) is 0 Å². The second kappa shape index (κ2) is 9.84. The Morgan fingerprint density at radius 2 is 2.03 bits per heavy atom. The van der Waals surface area contributed by atoms with Crippen molar-refractivity contribution in [3.8, 4) is 18.1 Å².